The molecule has 1 aliphatic rings. The van der Waals surface area contributed by atoms with Crippen LogP contribution in [0.2, 0.25) is 0 Å². The van der Waals surface area contributed by atoms with Crippen LogP contribution in [-0.4, -0.2) is 80.7 Å². The second kappa shape index (κ2) is 12.3. The van der Waals surface area contributed by atoms with Crippen LogP contribution in [0.5, 0.6) is 0 Å². The van der Waals surface area contributed by atoms with Gasteiger partial charge in [-0.2, -0.15) is 0 Å². The molecule has 0 bridgehead atoms. The lowest BCUT2D eigenvalue weighted by Gasteiger charge is -2.27. The molecule has 0 saturated carbocycles. The van der Waals surface area contributed by atoms with Crippen molar-refractivity contribution in [2.45, 2.75) is 76.7 Å². The molecule has 2 rings (SSSR count). The smallest absolute Gasteiger partial charge is 0.326 e. The minimum Gasteiger partial charge on any atom is -0.480 e. The fourth-order valence-corrected chi connectivity index (χ4v) is 3.59. The number of carbonyl (C=O) groups excluding carboxylic acids is 3. The van der Waals surface area contributed by atoms with Gasteiger partial charge in [-0.1, -0.05) is 20.3 Å². The number of hydrogen-bond donors (Lipinski definition) is 7. The molecule has 1 aromatic heterocycles. The highest BCUT2D eigenvalue weighted by Gasteiger charge is 2.34. The van der Waals surface area contributed by atoms with Gasteiger partial charge in [0.2, 0.25) is 17.7 Å². The molecule has 0 aliphatic carbocycles. The fourth-order valence-electron chi connectivity index (χ4n) is 3.59. The Balaban J connectivity index is 2.13. The number of aromatic amines is 1. The molecule has 0 spiro atoms. The fraction of sp³-hybridized carbons (Fsp3) is 0.667. The normalized spacial score (nSPS) is 20.2. The van der Waals surface area contributed by atoms with E-state index in [0.717, 1.165) is 6.42 Å². The number of imidazole rings is 1. The highest BCUT2D eigenvalue weighted by molar-refractivity contribution is 5.94. The van der Waals surface area contributed by atoms with Gasteiger partial charge in [0.25, 0.3) is 0 Å². The number of carboxylic acids is 1. The lowest BCUT2D eigenvalue weighted by Crippen LogP contribution is -2.60. The number of aromatic nitrogens is 2. The van der Waals surface area contributed by atoms with Gasteiger partial charge in [-0.05, 0) is 32.2 Å². The first-order chi connectivity index (χ1) is 15.6. The summed E-state index contributed by atoms with van der Waals surface area (Å²) >= 11 is 0. The molecule has 184 valence electrons. The number of nitrogens with one attached hydrogen (secondary N) is 5. The van der Waals surface area contributed by atoms with Crippen molar-refractivity contribution in [2.24, 2.45) is 5.92 Å². The third-order valence-electron chi connectivity index (χ3n) is 5.83. The Morgan fingerprint density at radius 1 is 1.15 bits per heavy atom. The van der Waals surface area contributed by atoms with Gasteiger partial charge in [-0.25, -0.2) is 9.78 Å². The summed E-state index contributed by atoms with van der Waals surface area (Å²) < 4.78 is 0. The van der Waals surface area contributed by atoms with E-state index >= 15 is 0 Å². The van der Waals surface area contributed by atoms with Crippen molar-refractivity contribution in [3.8, 4) is 0 Å². The Labute approximate surface area is 192 Å². The molecule has 0 radical (unpaired) electrons. The van der Waals surface area contributed by atoms with Crippen molar-refractivity contribution in [3.63, 3.8) is 0 Å². The highest BCUT2D eigenvalue weighted by Crippen LogP contribution is 2.10. The molecular formula is C21H34N6O6. The van der Waals surface area contributed by atoms with Crippen LogP contribution in [0.3, 0.4) is 0 Å². The lowest BCUT2D eigenvalue weighted by atomic mass is 9.98. The maximum atomic E-state index is 13.1. The Hall–Kier alpha value is -2.99. The van der Waals surface area contributed by atoms with E-state index in [0.29, 0.717) is 25.1 Å². The summed E-state index contributed by atoms with van der Waals surface area (Å²) in [7, 11) is 0. The third kappa shape index (κ3) is 7.53. The SMILES string of the molecule is CCC(C)C(NC(=O)C(NC(=O)C(Cc1cnc[nH]1)NC(=O)C1CCCN1)C(C)O)C(=O)O. The molecule has 2 heterocycles. The van der Waals surface area contributed by atoms with Crippen molar-refractivity contribution in [1.82, 2.24) is 31.2 Å². The van der Waals surface area contributed by atoms with E-state index in [1.807, 2.05) is 0 Å². The van der Waals surface area contributed by atoms with Crippen molar-refractivity contribution < 1.29 is 29.4 Å². The summed E-state index contributed by atoms with van der Waals surface area (Å²) in [5, 5.41) is 30.2. The number of amides is 3. The van der Waals surface area contributed by atoms with E-state index in [2.05, 4.69) is 31.2 Å². The van der Waals surface area contributed by atoms with Crippen molar-refractivity contribution in [3.05, 3.63) is 18.2 Å². The van der Waals surface area contributed by atoms with Crippen LogP contribution in [-0.2, 0) is 25.6 Å². The second-order valence-corrected chi connectivity index (χ2v) is 8.43. The summed E-state index contributed by atoms with van der Waals surface area (Å²) in [5.74, 6) is -3.42. The molecule has 0 aromatic carbocycles. The average molecular weight is 467 g/mol. The van der Waals surface area contributed by atoms with Gasteiger partial charge in [0.1, 0.15) is 18.1 Å². The first-order valence-electron chi connectivity index (χ1n) is 11.2. The Kier molecular flexibility index (Phi) is 9.79. The van der Waals surface area contributed by atoms with Crippen LogP contribution >= 0.6 is 0 Å². The molecule has 1 saturated heterocycles. The molecule has 1 aromatic rings. The summed E-state index contributed by atoms with van der Waals surface area (Å²) in [4.78, 5) is 56.8. The highest BCUT2D eigenvalue weighted by atomic mass is 16.4. The monoisotopic (exact) mass is 466 g/mol. The van der Waals surface area contributed by atoms with Gasteiger partial charge in [-0.3, -0.25) is 14.4 Å². The van der Waals surface area contributed by atoms with Gasteiger partial charge >= 0.3 is 5.97 Å². The second-order valence-electron chi connectivity index (χ2n) is 8.43. The molecule has 33 heavy (non-hydrogen) atoms. The summed E-state index contributed by atoms with van der Waals surface area (Å²) in [5.41, 5.74) is 0.593. The molecule has 1 aliphatic heterocycles. The van der Waals surface area contributed by atoms with E-state index in [-0.39, 0.29) is 18.2 Å². The predicted octanol–water partition coefficient (Wildman–Crippen LogP) is -1.33. The number of aliphatic hydroxyl groups is 1. The number of carbonyl (C=O) groups is 4. The molecule has 6 atom stereocenters. The third-order valence-corrected chi connectivity index (χ3v) is 5.83. The molecule has 12 nitrogen and oxygen atoms in total. The number of nitrogens with zero attached hydrogens (tertiary/aromatic N) is 1. The van der Waals surface area contributed by atoms with Crippen LogP contribution in [0, 0.1) is 5.92 Å². The summed E-state index contributed by atoms with van der Waals surface area (Å²) in [6.45, 7) is 5.50. The number of hydrogen-bond acceptors (Lipinski definition) is 7. The quantitative estimate of drug-likeness (QED) is 0.197. The predicted molar refractivity (Wildman–Crippen MR) is 118 cm³/mol. The van der Waals surface area contributed by atoms with Gasteiger partial charge in [0, 0.05) is 18.3 Å². The topological polar surface area (TPSA) is 186 Å². The zero-order valence-corrected chi connectivity index (χ0v) is 19.1. The zero-order chi connectivity index (χ0) is 24.5. The van der Waals surface area contributed by atoms with Gasteiger partial charge in [0.15, 0.2) is 0 Å². The van der Waals surface area contributed by atoms with Gasteiger partial charge in [0.05, 0.1) is 18.5 Å². The number of rotatable bonds is 12. The molecule has 1 fully saturated rings. The van der Waals surface area contributed by atoms with Crippen LogP contribution < -0.4 is 21.3 Å². The lowest BCUT2D eigenvalue weighted by molar-refractivity contribution is -0.144. The minimum atomic E-state index is -1.41. The van der Waals surface area contributed by atoms with Crippen LogP contribution in [0.1, 0.15) is 45.7 Å². The van der Waals surface area contributed by atoms with Gasteiger partial charge < -0.3 is 36.5 Å². The van der Waals surface area contributed by atoms with Crippen LogP contribution in [0.15, 0.2) is 12.5 Å². The molecule has 6 unspecified atom stereocenters. The number of aliphatic carboxylic acids is 1. The molecule has 3 amide bonds. The maximum absolute atomic E-state index is 13.1. The standard InChI is InChI=1S/C21H34N6O6/c1-4-11(2)16(21(32)33)26-20(31)17(12(3)28)27-19(30)15(8-13-9-22-10-24-13)25-18(29)14-6-5-7-23-14/h9-12,14-17,23,28H,4-8H2,1-3H3,(H,22,24)(H,25,29)(H,26,31)(H,27,30)(H,32,33). The minimum absolute atomic E-state index is 0.0864. The Morgan fingerprint density at radius 2 is 1.85 bits per heavy atom. The van der Waals surface area contributed by atoms with Crippen LogP contribution in [0.4, 0.5) is 0 Å². The van der Waals surface area contributed by atoms with Crippen molar-refractivity contribution in [2.75, 3.05) is 6.54 Å². The van der Waals surface area contributed by atoms with E-state index < -0.39 is 48.1 Å². The van der Waals surface area contributed by atoms with E-state index in [9.17, 15) is 29.4 Å². The molecule has 12 heteroatoms. The maximum Gasteiger partial charge on any atom is 0.326 e. The number of carboxylic acid groups (broad SMARTS) is 1. The van der Waals surface area contributed by atoms with E-state index in [1.54, 1.807) is 13.8 Å². The van der Waals surface area contributed by atoms with E-state index in [1.165, 1.54) is 19.4 Å². The zero-order valence-electron chi connectivity index (χ0n) is 19.1. The van der Waals surface area contributed by atoms with Crippen molar-refractivity contribution in [1.29, 1.82) is 0 Å². The first kappa shape index (κ1) is 26.3. The Bertz CT molecular complexity index is 808. The van der Waals surface area contributed by atoms with Crippen molar-refractivity contribution >= 4 is 23.7 Å². The first-order valence-corrected chi connectivity index (χ1v) is 11.2. The molecule has 7 N–H and O–H groups in total. The molecular weight excluding hydrogens is 432 g/mol. The summed E-state index contributed by atoms with van der Waals surface area (Å²) in [6, 6.07) is -4.03. The number of aliphatic hydroxyl groups excluding tert-OH is 1. The van der Waals surface area contributed by atoms with Gasteiger partial charge in [-0.15, -0.1) is 0 Å². The Morgan fingerprint density at radius 3 is 2.36 bits per heavy atom. The van der Waals surface area contributed by atoms with Crippen LogP contribution in [0.25, 0.3) is 0 Å². The number of H-pyrrole nitrogens is 1. The van der Waals surface area contributed by atoms with E-state index in [4.69, 9.17) is 0 Å². The largest absolute Gasteiger partial charge is 0.480 e. The average Bonchev–Trinajstić information content (AvgIpc) is 3.48. The summed E-state index contributed by atoms with van der Waals surface area (Å²) in [6.07, 6.45) is 3.75.